The van der Waals surface area contributed by atoms with Gasteiger partial charge in [-0.2, -0.15) is 0 Å². The summed E-state index contributed by atoms with van der Waals surface area (Å²) in [6.45, 7) is 1.01. The molecule has 4 rings (SSSR count). The molecule has 158 valence electrons. The van der Waals surface area contributed by atoms with Gasteiger partial charge >= 0.3 is 0 Å². The Labute approximate surface area is 187 Å². The van der Waals surface area contributed by atoms with E-state index in [1.807, 2.05) is 54.6 Å². The Bertz CT molecular complexity index is 1050. The minimum absolute atomic E-state index is 0.0701. The number of benzene rings is 3. The van der Waals surface area contributed by atoms with E-state index in [1.54, 1.807) is 16.7 Å². The number of carbonyl (C=O) groups is 2. The van der Waals surface area contributed by atoms with E-state index in [2.05, 4.69) is 35.8 Å². The van der Waals surface area contributed by atoms with Gasteiger partial charge in [0.1, 0.15) is 6.04 Å². The summed E-state index contributed by atoms with van der Waals surface area (Å²) in [6, 6.07) is 25.3. The highest BCUT2D eigenvalue weighted by molar-refractivity contribution is 7.98. The number of carbonyl (C=O) groups excluding carboxylic acids is 2. The maximum absolute atomic E-state index is 13.2. The van der Waals surface area contributed by atoms with Crippen molar-refractivity contribution in [2.75, 3.05) is 12.8 Å². The van der Waals surface area contributed by atoms with Crippen LogP contribution in [0.3, 0.4) is 0 Å². The summed E-state index contributed by atoms with van der Waals surface area (Å²) in [6.07, 6.45) is 3.31. The Kier molecular flexibility index (Phi) is 6.73. The van der Waals surface area contributed by atoms with Crippen LogP contribution in [-0.2, 0) is 24.2 Å². The molecule has 0 spiro atoms. The zero-order valence-corrected chi connectivity index (χ0v) is 18.4. The Hall–Kier alpha value is -3.05. The van der Waals surface area contributed by atoms with E-state index < -0.39 is 6.04 Å². The van der Waals surface area contributed by atoms with Crippen molar-refractivity contribution in [3.63, 3.8) is 0 Å². The fraction of sp³-hybridized carbons (Fsp3) is 0.231. The molecule has 1 atom stereocenters. The van der Waals surface area contributed by atoms with Crippen molar-refractivity contribution < 1.29 is 9.59 Å². The van der Waals surface area contributed by atoms with Crippen LogP contribution in [0, 0.1) is 0 Å². The van der Waals surface area contributed by atoms with Gasteiger partial charge in [0.25, 0.3) is 5.91 Å². The van der Waals surface area contributed by atoms with Gasteiger partial charge in [-0.1, -0.05) is 60.7 Å². The number of fused-ring (bicyclic) bond motifs is 1. The van der Waals surface area contributed by atoms with Crippen LogP contribution in [0.1, 0.15) is 27.0 Å². The number of nitrogens with zero attached hydrogens (tertiary/aromatic N) is 1. The maximum Gasteiger partial charge on any atom is 0.255 e. The number of rotatable bonds is 8. The first-order chi connectivity index (χ1) is 15.2. The van der Waals surface area contributed by atoms with Gasteiger partial charge in [-0.3, -0.25) is 9.59 Å². The summed E-state index contributed by atoms with van der Waals surface area (Å²) < 4.78 is 0. The molecule has 31 heavy (non-hydrogen) atoms. The quantitative estimate of drug-likeness (QED) is 0.541. The van der Waals surface area contributed by atoms with Crippen molar-refractivity contribution in [2.45, 2.75) is 30.3 Å². The molecular weight excluding hydrogens is 404 g/mol. The van der Waals surface area contributed by atoms with Gasteiger partial charge in [-0.05, 0) is 47.6 Å². The molecule has 0 radical (unpaired) electrons. The minimum atomic E-state index is -0.541. The first-order valence-corrected chi connectivity index (χ1v) is 11.7. The number of thioether (sulfide) groups is 1. The molecule has 0 saturated heterocycles. The standard InChI is InChI=1S/C26H26N2O2S/c1-31-22-13-11-19(12-14-22)15-16-27-25(29)24(17-20-7-3-2-4-8-20)28-18-21-9-5-6-10-23(21)26(28)30/h2-14,24H,15-18H2,1H3,(H,27,29)/t24-/m1/s1. The lowest BCUT2D eigenvalue weighted by Gasteiger charge is -2.27. The zero-order chi connectivity index (χ0) is 21.6. The summed E-state index contributed by atoms with van der Waals surface area (Å²) in [4.78, 5) is 29.2. The van der Waals surface area contributed by atoms with Crippen LogP contribution in [0.2, 0.25) is 0 Å². The van der Waals surface area contributed by atoms with Gasteiger partial charge in [-0.15, -0.1) is 11.8 Å². The smallest absolute Gasteiger partial charge is 0.255 e. The van der Waals surface area contributed by atoms with Gasteiger partial charge in [0.05, 0.1) is 0 Å². The highest BCUT2D eigenvalue weighted by atomic mass is 32.2. The highest BCUT2D eigenvalue weighted by Crippen LogP contribution is 2.26. The lowest BCUT2D eigenvalue weighted by molar-refractivity contribution is -0.125. The van der Waals surface area contributed by atoms with Crippen LogP contribution >= 0.6 is 11.8 Å². The minimum Gasteiger partial charge on any atom is -0.354 e. The zero-order valence-electron chi connectivity index (χ0n) is 17.6. The number of hydrogen-bond acceptors (Lipinski definition) is 3. The molecule has 0 saturated carbocycles. The molecular formula is C26H26N2O2S. The predicted octanol–water partition coefficient (Wildman–Crippen LogP) is 4.33. The number of nitrogens with one attached hydrogen (secondary N) is 1. The van der Waals surface area contributed by atoms with E-state index in [0.29, 0.717) is 25.1 Å². The maximum atomic E-state index is 13.2. The van der Waals surface area contributed by atoms with Crippen molar-refractivity contribution in [3.8, 4) is 0 Å². The Balaban J connectivity index is 1.46. The first kappa shape index (κ1) is 21.2. The summed E-state index contributed by atoms with van der Waals surface area (Å²) >= 11 is 1.71. The van der Waals surface area contributed by atoms with Crippen LogP contribution in [-0.4, -0.2) is 35.6 Å². The highest BCUT2D eigenvalue weighted by Gasteiger charge is 2.36. The molecule has 5 heteroatoms. The summed E-state index contributed by atoms with van der Waals surface area (Å²) in [5, 5.41) is 3.07. The Morgan fingerprint density at radius 1 is 0.968 bits per heavy atom. The van der Waals surface area contributed by atoms with E-state index in [-0.39, 0.29) is 11.8 Å². The van der Waals surface area contributed by atoms with Gasteiger partial charge in [0.15, 0.2) is 0 Å². The van der Waals surface area contributed by atoms with Crippen molar-refractivity contribution in [1.82, 2.24) is 10.2 Å². The van der Waals surface area contributed by atoms with Crippen molar-refractivity contribution in [2.24, 2.45) is 0 Å². The predicted molar refractivity (Wildman–Crippen MR) is 125 cm³/mol. The molecule has 0 fully saturated rings. The average Bonchev–Trinajstić information content (AvgIpc) is 3.15. The van der Waals surface area contributed by atoms with Crippen molar-refractivity contribution >= 4 is 23.6 Å². The topological polar surface area (TPSA) is 49.4 Å². The van der Waals surface area contributed by atoms with Crippen LogP contribution in [0.5, 0.6) is 0 Å². The lowest BCUT2D eigenvalue weighted by Crippen LogP contribution is -2.48. The van der Waals surface area contributed by atoms with Crippen LogP contribution in [0.25, 0.3) is 0 Å². The number of hydrogen-bond donors (Lipinski definition) is 1. The summed E-state index contributed by atoms with van der Waals surface area (Å²) in [5.74, 6) is -0.176. The molecule has 1 heterocycles. The Morgan fingerprint density at radius 3 is 2.39 bits per heavy atom. The molecule has 3 aromatic carbocycles. The fourth-order valence-corrected chi connectivity index (χ4v) is 4.36. The van der Waals surface area contributed by atoms with Crippen LogP contribution in [0.4, 0.5) is 0 Å². The van der Waals surface area contributed by atoms with Crippen LogP contribution in [0.15, 0.2) is 83.8 Å². The summed E-state index contributed by atoms with van der Waals surface area (Å²) in [5.41, 5.74) is 3.90. The van der Waals surface area contributed by atoms with E-state index in [9.17, 15) is 9.59 Å². The molecule has 0 bridgehead atoms. The number of amides is 2. The largest absolute Gasteiger partial charge is 0.354 e. The normalized spacial score (nSPS) is 13.7. The second-order valence-electron chi connectivity index (χ2n) is 7.68. The van der Waals surface area contributed by atoms with Crippen LogP contribution < -0.4 is 5.32 Å². The van der Waals surface area contributed by atoms with E-state index in [4.69, 9.17) is 0 Å². The third kappa shape index (κ3) is 5.00. The molecule has 0 unspecified atom stereocenters. The van der Waals surface area contributed by atoms with Gasteiger partial charge < -0.3 is 10.2 Å². The summed E-state index contributed by atoms with van der Waals surface area (Å²) in [7, 11) is 0. The van der Waals surface area contributed by atoms with Gasteiger partial charge in [0.2, 0.25) is 5.91 Å². The van der Waals surface area contributed by atoms with Crippen molar-refractivity contribution in [1.29, 1.82) is 0 Å². The second-order valence-corrected chi connectivity index (χ2v) is 8.56. The van der Waals surface area contributed by atoms with Gasteiger partial charge in [0, 0.05) is 30.0 Å². The molecule has 1 aliphatic heterocycles. The molecule has 0 aliphatic carbocycles. The molecule has 1 aliphatic rings. The first-order valence-electron chi connectivity index (χ1n) is 10.5. The SMILES string of the molecule is CSc1ccc(CCNC(=O)[C@@H](Cc2ccccc2)N2Cc3ccccc3C2=O)cc1. The third-order valence-corrected chi connectivity index (χ3v) is 6.42. The molecule has 0 aromatic heterocycles. The van der Waals surface area contributed by atoms with Crippen molar-refractivity contribution in [3.05, 3.63) is 101 Å². The second kappa shape index (κ2) is 9.84. The molecule has 1 N–H and O–H groups in total. The molecule has 3 aromatic rings. The fourth-order valence-electron chi connectivity index (χ4n) is 3.95. The van der Waals surface area contributed by atoms with E-state index >= 15 is 0 Å². The lowest BCUT2D eigenvalue weighted by atomic mass is 10.0. The molecule has 2 amide bonds. The third-order valence-electron chi connectivity index (χ3n) is 5.67. The van der Waals surface area contributed by atoms with E-state index in [1.165, 1.54) is 10.5 Å². The average molecular weight is 431 g/mol. The monoisotopic (exact) mass is 430 g/mol. The molecule has 4 nitrogen and oxygen atoms in total. The van der Waals surface area contributed by atoms with Gasteiger partial charge in [-0.25, -0.2) is 0 Å². The van der Waals surface area contributed by atoms with E-state index in [0.717, 1.165) is 17.5 Å². The Morgan fingerprint density at radius 2 is 1.68 bits per heavy atom.